The lowest BCUT2D eigenvalue weighted by molar-refractivity contribution is -0.144. The quantitative estimate of drug-likeness (QED) is 0.0317. The van der Waals surface area contributed by atoms with E-state index in [0.29, 0.717) is 134 Å². The third kappa shape index (κ3) is 35.7. The number of ether oxygens (including phenoxy) is 5. The van der Waals surface area contributed by atoms with Gasteiger partial charge in [0.05, 0.1) is 80.8 Å². The number of hydrogen-bond donors (Lipinski definition) is 4. The van der Waals surface area contributed by atoms with Gasteiger partial charge in [-0.15, -0.1) is 23.5 Å². The van der Waals surface area contributed by atoms with Gasteiger partial charge in [-0.1, -0.05) is 277 Å². The number of rotatable bonds is 20. The Balaban J connectivity index is 0.000000159. The summed E-state index contributed by atoms with van der Waals surface area (Å²) in [6.07, 6.45) is 7.43. The molecule has 19 rings (SSSR count). The summed E-state index contributed by atoms with van der Waals surface area (Å²) in [5.74, 6) is -2.13. The molecule has 6 aliphatic carbocycles. The highest BCUT2D eigenvalue weighted by molar-refractivity contribution is 9.11. The van der Waals surface area contributed by atoms with Crippen molar-refractivity contribution in [2.24, 2.45) is 0 Å². The Hall–Kier alpha value is -7.23. The van der Waals surface area contributed by atoms with Crippen molar-refractivity contribution >= 4 is 196 Å². The van der Waals surface area contributed by atoms with Crippen molar-refractivity contribution in [2.45, 2.75) is 208 Å². The molecule has 0 bridgehead atoms. The molecule has 0 amide bonds. The van der Waals surface area contributed by atoms with Crippen molar-refractivity contribution < 1.29 is 103 Å². The fourth-order valence-electron chi connectivity index (χ4n) is 17.6. The average Bonchev–Trinajstić information content (AvgIpc) is 1.70. The van der Waals surface area contributed by atoms with Crippen LogP contribution < -0.4 is 0 Å². The van der Waals surface area contributed by atoms with Gasteiger partial charge in [0.15, 0.2) is 17.3 Å². The summed E-state index contributed by atoms with van der Waals surface area (Å²) in [4.78, 5) is 57.5. The number of thioether (sulfide) groups is 2. The van der Waals surface area contributed by atoms with Crippen LogP contribution in [0.25, 0.3) is 0 Å². The molecule has 147 heavy (non-hydrogen) atoms. The Labute approximate surface area is 935 Å². The largest absolute Gasteiger partial charge is 0.466 e. The molecule has 7 atom stereocenters. The summed E-state index contributed by atoms with van der Waals surface area (Å²) in [5.41, 5.74) is 12.8. The first-order valence-electron chi connectivity index (χ1n) is 47.8. The van der Waals surface area contributed by atoms with E-state index in [1.807, 2.05) is 133 Å². The first-order valence-corrected chi connectivity index (χ1v) is 57.3. The fourth-order valence-corrected chi connectivity index (χ4v) is 24.9. The maximum atomic E-state index is 14.3. The molecule has 12 aromatic rings. The third-order valence-corrected chi connectivity index (χ3v) is 32.5. The van der Waals surface area contributed by atoms with Crippen LogP contribution in [0, 0.1) is 46.5 Å². The SMILES string of the molecule is BrCc1ccccc1.CCOC(=O)CCC(O)c1ccc(Br)cc1F.CCOC(=O)CCC(OCc1ccccc1)c1ccc(Br)cc1F.Fc1cc(Br)cc2c1C(OCc1ccccc1)CCC2.O=C1CCC(OCc2ccccc2)c2c(F)cc(Br)cc21.O=C1CCCc2cc(Br)cc(F)c21.O=C1c2c(F)cc(Br)cc2CCC1O.OC1CCCc2cc(Br)cc(F)c21.OC1CCc2cc(Br)cc(F)c2C12SCCS2. The highest BCUT2D eigenvalue weighted by atomic mass is 79.9. The lowest BCUT2D eigenvalue weighted by atomic mass is 9.88. The van der Waals surface area contributed by atoms with Gasteiger partial charge in [0.25, 0.3) is 0 Å². The minimum atomic E-state index is -1.04. The number of fused-ring (bicyclic) bond motifs is 7. The molecule has 0 radical (unpaired) electrons. The van der Waals surface area contributed by atoms with Gasteiger partial charge in [0.2, 0.25) is 0 Å². The van der Waals surface area contributed by atoms with Crippen molar-refractivity contribution in [1.29, 1.82) is 0 Å². The third-order valence-electron chi connectivity index (χ3n) is 24.5. The van der Waals surface area contributed by atoms with E-state index >= 15 is 0 Å². The Morgan fingerprint density at radius 3 is 1.33 bits per heavy atom. The number of aliphatic hydroxyl groups is 4. The molecule has 4 N–H and O–H groups in total. The molecule has 1 aliphatic heterocycles. The van der Waals surface area contributed by atoms with E-state index in [2.05, 4.69) is 156 Å². The molecule has 1 heterocycles. The van der Waals surface area contributed by atoms with Crippen LogP contribution in [0.15, 0.2) is 266 Å². The summed E-state index contributed by atoms with van der Waals surface area (Å²) in [6, 6.07) is 68.5. The van der Waals surface area contributed by atoms with E-state index < -0.39 is 57.8 Å². The van der Waals surface area contributed by atoms with E-state index in [1.165, 1.54) is 60.2 Å². The van der Waals surface area contributed by atoms with E-state index in [4.69, 9.17) is 23.7 Å². The molecular formula is C114H109Br9F8O14S2. The zero-order valence-corrected chi connectivity index (χ0v) is 96.1. The van der Waals surface area contributed by atoms with Crippen molar-refractivity contribution in [3.05, 3.63) is 413 Å². The normalized spacial score (nSPS) is 17.1. The number of benzene rings is 12. The Morgan fingerprint density at radius 1 is 0.388 bits per heavy atom. The minimum Gasteiger partial charge on any atom is -0.466 e. The lowest BCUT2D eigenvalue weighted by Gasteiger charge is -2.38. The molecule has 7 aliphatic rings. The number of carbonyl (C=O) groups is 5. The van der Waals surface area contributed by atoms with Crippen LogP contribution in [0.5, 0.6) is 0 Å². The number of Topliss-reactive ketones (excluding diaryl/α,β-unsaturated/α-hetero) is 3. The van der Waals surface area contributed by atoms with E-state index in [-0.39, 0.29) is 95.2 Å². The molecule has 1 saturated heterocycles. The number of aliphatic hydroxyl groups excluding tert-OH is 4. The molecule has 780 valence electrons. The smallest absolute Gasteiger partial charge is 0.305 e. The topological polar surface area (TPSA) is 212 Å². The molecule has 0 saturated carbocycles. The molecular weight excluding hydrogens is 2530 g/mol. The zero-order chi connectivity index (χ0) is 106. The lowest BCUT2D eigenvalue weighted by Crippen LogP contribution is -2.37. The maximum absolute atomic E-state index is 14.3. The predicted octanol–water partition coefficient (Wildman–Crippen LogP) is 32.4. The second kappa shape index (κ2) is 60.4. The predicted molar refractivity (Wildman–Crippen MR) is 592 cm³/mol. The number of esters is 2. The van der Waals surface area contributed by atoms with Gasteiger partial charge in [-0.05, 0) is 257 Å². The first-order chi connectivity index (χ1) is 70.5. The molecule has 0 aromatic heterocycles. The number of hydrogen-bond acceptors (Lipinski definition) is 16. The van der Waals surface area contributed by atoms with Crippen LogP contribution >= 0.6 is 167 Å². The number of alkyl halides is 1. The summed E-state index contributed by atoms with van der Waals surface area (Å²) < 4.78 is 143. The molecule has 12 aromatic carbocycles. The summed E-state index contributed by atoms with van der Waals surface area (Å²) in [6.45, 7) is 5.40. The number of ketones is 3. The summed E-state index contributed by atoms with van der Waals surface area (Å²) in [7, 11) is 0. The van der Waals surface area contributed by atoms with Crippen LogP contribution in [0.4, 0.5) is 35.1 Å². The Morgan fingerprint density at radius 2 is 0.810 bits per heavy atom. The van der Waals surface area contributed by atoms with Crippen molar-refractivity contribution in [3.63, 3.8) is 0 Å². The standard InChI is InChI=1S/C19H20BrFO3.C17H14BrFO2.C17H16BrFO.C12H14BrFO3.C12H12BrFOS2.C10H8BrFO2.C10H10BrFO.C10H8BrFO.C7H7Br/c1-2-23-19(22)11-10-18(16-9-8-15(20)12-17(16)21)24-13-14-6-4-3-5-7-14;18-12-8-13-15(20)6-7-16(17(13)14(19)9-12)21-10-11-4-2-1-3-5-11;18-14-9-13-7-4-8-16(17(13)15(19)10-14)20-11-12-5-2-1-3-6-12;1-2-17-12(16)6-5-11(15)9-4-3-8(13)7-10(9)14;13-8-5-7-1-2-10(15)12(16-3-4-17-12)11(7)9(14)6-8;11-6-3-5-1-2-8(13)10(14)9(5)7(12)4-6;2*11-7-4-6-2-1-3-9(13)10(6)8(12)5-7;8-6-7-4-2-1-3-5-7/h3-9,12,18H,2,10-11,13H2,1H3;1-5,8-9,16H,6-7,10H2;1-3,5-6,9-10,16H,4,7-8,11H2;3-4,7,11,15H,2,5-6H2,1H3;5-6,10,15H,1-4H2;3-4,8,13H,1-2H2;4-5,9,13H,1-3H2;4-5H,1-3H2;1-5H,6H2. The van der Waals surface area contributed by atoms with Gasteiger partial charge in [-0.25, -0.2) is 35.1 Å². The zero-order valence-electron chi connectivity index (χ0n) is 80.2. The highest BCUT2D eigenvalue weighted by Crippen LogP contribution is 2.59. The average molecular weight is 2640 g/mol. The van der Waals surface area contributed by atoms with Gasteiger partial charge in [0, 0.05) is 117 Å². The summed E-state index contributed by atoms with van der Waals surface area (Å²) >= 11 is 32.7. The van der Waals surface area contributed by atoms with Crippen LogP contribution in [0.2, 0.25) is 0 Å². The van der Waals surface area contributed by atoms with E-state index in [0.717, 1.165) is 138 Å². The minimum absolute atomic E-state index is 0.0234. The second-order valence-electron chi connectivity index (χ2n) is 34.9. The van der Waals surface area contributed by atoms with Crippen molar-refractivity contribution in [3.8, 4) is 0 Å². The van der Waals surface area contributed by atoms with Crippen molar-refractivity contribution in [2.75, 3.05) is 24.7 Å². The van der Waals surface area contributed by atoms with Crippen LogP contribution in [-0.4, -0.2) is 86.6 Å². The monoisotopic (exact) mass is 2630 g/mol. The highest BCUT2D eigenvalue weighted by Gasteiger charge is 2.49. The molecule has 1 fully saturated rings. The number of aryl methyl sites for hydroxylation is 5. The molecule has 14 nitrogen and oxygen atoms in total. The molecule has 7 unspecified atom stereocenters. The Bertz CT molecular complexity index is 6430. The van der Waals surface area contributed by atoms with E-state index in [9.17, 15) is 79.5 Å². The molecule has 33 heteroatoms. The summed E-state index contributed by atoms with van der Waals surface area (Å²) in [5, 5.41) is 39.8. The van der Waals surface area contributed by atoms with Gasteiger partial charge in [0.1, 0.15) is 56.7 Å². The van der Waals surface area contributed by atoms with Gasteiger partial charge in [-0.3, -0.25) is 24.0 Å². The fraction of sp³-hybridized carbons (Fsp3) is 0.325. The van der Waals surface area contributed by atoms with Crippen LogP contribution in [-0.2, 0) is 94.6 Å². The van der Waals surface area contributed by atoms with Gasteiger partial charge >= 0.3 is 11.9 Å². The van der Waals surface area contributed by atoms with Gasteiger partial charge in [-0.2, -0.15) is 0 Å². The maximum Gasteiger partial charge on any atom is 0.305 e. The number of halogens is 17. The Kier molecular flexibility index (Phi) is 49.3. The van der Waals surface area contributed by atoms with Crippen LogP contribution in [0.3, 0.4) is 0 Å². The van der Waals surface area contributed by atoms with Crippen molar-refractivity contribution in [1.82, 2.24) is 0 Å². The van der Waals surface area contributed by atoms with Gasteiger partial charge < -0.3 is 44.1 Å². The first kappa shape index (κ1) is 120. The molecule has 1 spiro atoms. The number of carbonyl (C=O) groups excluding carboxylic acids is 5. The second-order valence-corrected chi connectivity index (χ2v) is 45.7. The van der Waals surface area contributed by atoms with Crippen LogP contribution in [0.1, 0.15) is 249 Å². The van der Waals surface area contributed by atoms with E-state index in [1.54, 1.807) is 67.7 Å².